The lowest BCUT2D eigenvalue weighted by Gasteiger charge is -2.39. The SMILES string of the molecule is C=CCC(O)C(CC)(CC)C(C)O.O=C(O)c1ccccc1.O=C(O)c1ccccc1. The predicted octanol–water partition coefficient (Wildman–Crippen LogP) is 4.88. The Morgan fingerprint density at radius 2 is 1.23 bits per heavy atom. The fraction of sp³-hybridized carbons (Fsp3) is 0.360. The van der Waals surface area contributed by atoms with Crippen LogP contribution in [0.25, 0.3) is 0 Å². The molecule has 0 aliphatic carbocycles. The molecule has 2 aromatic carbocycles. The summed E-state index contributed by atoms with van der Waals surface area (Å²) in [5, 5.41) is 36.3. The standard InChI is InChI=1S/C11H22O2.2C7H6O2/c1-5-8-10(13)11(6-2,7-3)9(4)12;2*8-7(9)6-4-2-1-3-5-6/h5,9-10,12-13H,1,6-8H2,2-4H3;2*1-5H,(H,8,9). The molecule has 0 amide bonds. The average molecular weight is 431 g/mol. The molecule has 0 spiro atoms. The topological polar surface area (TPSA) is 115 Å². The first-order valence-electron chi connectivity index (χ1n) is 10.2. The second-order valence-electron chi connectivity index (χ2n) is 7.00. The lowest BCUT2D eigenvalue weighted by atomic mass is 9.72. The Morgan fingerprint density at radius 1 is 0.871 bits per heavy atom. The predicted molar refractivity (Wildman–Crippen MR) is 122 cm³/mol. The zero-order valence-corrected chi connectivity index (χ0v) is 18.4. The Hall–Kier alpha value is -2.96. The van der Waals surface area contributed by atoms with Gasteiger partial charge in [-0.1, -0.05) is 56.3 Å². The van der Waals surface area contributed by atoms with Crippen LogP contribution in [0.15, 0.2) is 73.3 Å². The third kappa shape index (κ3) is 9.59. The number of aliphatic hydroxyl groups excluding tert-OH is 2. The van der Waals surface area contributed by atoms with Crippen LogP contribution in [0.2, 0.25) is 0 Å². The zero-order valence-electron chi connectivity index (χ0n) is 18.4. The van der Waals surface area contributed by atoms with Crippen molar-refractivity contribution in [1.82, 2.24) is 0 Å². The van der Waals surface area contributed by atoms with E-state index in [9.17, 15) is 19.8 Å². The summed E-state index contributed by atoms with van der Waals surface area (Å²) in [6.45, 7) is 9.35. The number of aromatic carboxylic acids is 2. The van der Waals surface area contributed by atoms with Crippen molar-refractivity contribution in [2.45, 2.75) is 52.2 Å². The van der Waals surface area contributed by atoms with Crippen LogP contribution < -0.4 is 0 Å². The molecule has 0 fully saturated rings. The van der Waals surface area contributed by atoms with Crippen LogP contribution in [-0.4, -0.2) is 44.6 Å². The van der Waals surface area contributed by atoms with E-state index < -0.39 is 24.1 Å². The highest BCUT2D eigenvalue weighted by atomic mass is 16.4. The summed E-state index contributed by atoms with van der Waals surface area (Å²) in [5.41, 5.74) is 0.295. The summed E-state index contributed by atoms with van der Waals surface area (Å²) >= 11 is 0. The van der Waals surface area contributed by atoms with E-state index in [1.807, 2.05) is 13.8 Å². The molecular formula is C25H34O6. The number of aliphatic hydroxyl groups is 2. The molecule has 31 heavy (non-hydrogen) atoms. The van der Waals surface area contributed by atoms with Crippen LogP contribution in [-0.2, 0) is 0 Å². The molecule has 0 saturated heterocycles. The van der Waals surface area contributed by atoms with Crippen LogP contribution >= 0.6 is 0 Å². The van der Waals surface area contributed by atoms with Gasteiger partial charge < -0.3 is 20.4 Å². The van der Waals surface area contributed by atoms with E-state index in [0.29, 0.717) is 17.5 Å². The molecule has 170 valence electrons. The van der Waals surface area contributed by atoms with Crippen LogP contribution in [0.4, 0.5) is 0 Å². The molecule has 2 atom stereocenters. The fourth-order valence-electron chi connectivity index (χ4n) is 3.14. The van der Waals surface area contributed by atoms with E-state index in [-0.39, 0.29) is 5.41 Å². The summed E-state index contributed by atoms with van der Waals surface area (Å²) in [7, 11) is 0. The van der Waals surface area contributed by atoms with Gasteiger partial charge in [-0.15, -0.1) is 6.58 Å². The smallest absolute Gasteiger partial charge is 0.335 e. The van der Waals surface area contributed by atoms with Crippen LogP contribution in [0, 0.1) is 5.41 Å². The lowest BCUT2D eigenvalue weighted by Crippen LogP contribution is -2.42. The minimum Gasteiger partial charge on any atom is -0.478 e. The Bertz CT molecular complexity index is 718. The van der Waals surface area contributed by atoms with Gasteiger partial charge in [0.25, 0.3) is 0 Å². The maximum absolute atomic E-state index is 10.2. The van der Waals surface area contributed by atoms with Crippen molar-refractivity contribution in [3.63, 3.8) is 0 Å². The molecular weight excluding hydrogens is 396 g/mol. The maximum Gasteiger partial charge on any atom is 0.335 e. The largest absolute Gasteiger partial charge is 0.478 e. The van der Waals surface area contributed by atoms with E-state index in [1.54, 1.807) is 73.7 Å². The van der Waals surface area contributed by atoms with E-state index in [0.717, 1.165) is 12.8 Å². The molecule has 0 aliphatic heterocycles. The van der Waals surface area contributed by atoms with Crippen molar-refractivity contribution in [2.24, 2.45) is 5.41 Å². The van der Waals surface area contributed by atoms with Crippen molar-refractivity contribution < 1.29 is 30.0 Å². The highest BCUT2D eigenvalue weighted by Gasteiger charge is 2.38. The Balaban J connectivity index is 0.000000445. The quantitative estimate of drug-likeness (QED) is 0.444. The van der Waals surface area contributed by atoms with Gasteiger partial charge in [0, 0.05) is 5.41 Å². The second kappa shape index (κ2) is 14.9. The van der Waals surface area contributed by atoms with Gasteiger partial charge >= 0.3 is 11.9 Å². The van der Waals surface area contributed by atoms with Crippen molar-refractivity contribution in [3.8, 4) is 0 Å². The van der Waals surface area contributed by atoms with Gasteiger partial charge in [-0.2, -0.15) is 0 Å². The molecule has 0 radical (unpaired) electrons. The molecule has 0 bridgehead atoms. The normalized spacial score (nSPS) is 12.2. The van der Waals surface area contributed by atoms with Crippen molar-refractivity contribution in [3.05, 3.63) is 84.4 Å². The van der Waals surface area contributed by atoms with E-state index in [1.165, 1.54) is 0 Å². The van der Waals surface area contributed by atoms with Crippen molar-refractivity contribution in [2.75, 3.05) is 0 Å². The summed E-state index contributed by atoms with van der Waals surface area (Å²) in [6, 6.07) is 16.6. The minimum absolute atomic E-state index is 0.331. The number of rotatable bonds is 8. The highest BCUT2D eigenvalue weighted by molar-refractivity contribution is 5.87. The first kappa shape index (κ1) is 28.0. The third-order valence-electron chi connectivity index (χ3n) is 5.24. The second-order valence-corrected chi connectivity index (χ2v) is 7.00. The summed E-state index contributed by atoms with van der Waals surface area (Å²) in [5.74, 6) is -1.76. The van der Waals surface area contributed by atoms with Gasteiger partial charge in [-0.3, -0.25) is 0 Å². The molecule has 4 N–H and O–H groups in total. The number of carboxylic acid groups (broad SMARTS) is 2. The van der Waals surface area contributed by atoms with E-state index in [4.69, 9.17) is 10.2 Å². The summed E-state index contributed by atoms with van der Waals surface area (Å²) in [6.07, 6.45) is 2.86. The first-order chi connectivity index (χ1) is 14.7. The number of hydrogen-bond donors (Lipinski definition) is 4. The molecule has 0 aliphatic rings. The summed E-state index contributed by atoms with van der Waals surface area (Å²) in [4.78, 5) is 20.4. The highest BCUT2D eigenvalue weighted by Crippen LogP contribution is 2.36. The molecule has 0 aromatic heterocycles. The minimum atomic E-state index is -0.879. The Morgan fingerprint density at radius 3 is 1.42 bits per heavy atom. The number of benzene rings is 2. The lowest BCUT2D eigenvalue weighted by molar-refractivity contribution is -0.0663. The Labute approximate surface area is 184 Å². The molecule has 2 aromatic rings. The average Bonchev–Trinajstić information content (AvgIpc) is 2.77. The molecule has 0 heterocycles. The maximum atomic E-state index is 10.2. The van der Waals surface area contributed by atoms with Crippen LogP contribution in [0.3, 0.4) is 0 Å². The number of hydrogen-bond acceptors (Lipinski definition) is 4. The summed E-state index contributed by atoms with van der Waals surface area (Å²) < 4.78 is 0. The third-order valence-corrected chi connectivity index (χ3v) is 5.24. The molecule has 6 heteroatoms. The van der Waals surface area contributed by atoms with Gasteiger partial charge in [-0.05, 0) is 50.5 Å². The number of carbonyl (C=O) groups is 2. The van der Waals surface area contributed by atoms with Crippen molar-refractivity contribution >= 4 is 11.9 Å². The molecule has 2 unspecified atom stereocenters. The molecule has 0 saturated carbocycles. The van der Waals surface area contributed by atoms with Crippen molar-refractivity contribution in [1.29, 1.82) is 0 Å². The molecule has 6 nitrogen and oxygen atoms in total. The van der Waals surface area contributed by atoms with Gasteiger partial charge in [0.1, 0.15) is 0 Å². The van der Waals surface area contributed by atoms with E-state index >= 15 is 0 Å². The van der Waals surface area contributed by atoms with Gasteiger partial charge in [-0.25, -0.2) is 9.59 Å². The monoisotopic (exact) mass is 430 g/mol. The Kier molecular flexibility index (Phi) is 13.5. The molecule has 2 rings (SSSR count). The van der Waals surface area contributed by atoms with Crippen LogP contribution in [0.5, 0.6) is 0 Å². The zero-order chi connectivity index (χ0) is 23.9. The van der Waals surface area contributed by atoms with Crippen LogP contribution in [0.1, 0.15) is 60.7 Å². The first-order valence-corrected chi connectivity index (χ1v) is 10.2. The number of carboxylic acids is 2. The van der Waals surface area contributed by atoms with Gasteiger partial charge in [0.2, 0.25) is 0 Å². The van der Waals surface area contributed by atoms with E-state index in [2.05, 4.69) is 6.58 Å². The van der Waals surface area contributed by atoms with Gasteiger partial charge in [0.05, 0.1) is 23.3 Å². The fourth-order valence-corrected chi connectivity index (χ4v) is 3.14. The van der Waals surface area contributed by atoms with Gasteiger partial charge in [0.15, 0.2) is 0 Å².